The lowest BCUT2D eigenvalue weighted by Gasteiger charge is -2.37. The van der Waals surface area contributed by atoms with Crippen molar-refractivity contribution in [3.63, 3.8) is 0 Å². The summed E-state index contributed by atoms with van der Waals surface area (Å²) in [5.74, 6) is -0.254. The second-order valence-electron chi connectivity index (χ2n) is 4.84. The molecule has 1 saturated heterocycles. The molecule has 1 fully saturated rings. The van der Waals surface area contributed by atoms with Gasteiger partial charge in [0.25, 0.3) is 10.2 Å². The molecular formula is C11H24N4O3S. The zero-order chi connectivity index (χ0) is 14.6. The largest absolute Gasteiger partial charge is 0.355 e. The van der Waals surface area contributed by atoms with E-state index in [2.05, 4.69) is 10.6 Å². The Morgan fingerprint density at radius 1 is 1.53 bits per heavy atom. The van der Waals surface area contributed by atoms with Gasteiger partial charge in [0, 0.05) is 39.3 Å². The smallest absolute Gasteiger partial charge is 0.282 e. The molecule has 0 aromatic heterocycles. The molecule has 2 N–H and O–H groups in total. The highest BCUT2D eigenvalue weighted by Gasteiger charge is 2.39. The lowest BCUT2D eigenvalue weighted by molar-refractivity contribution is -0.125. The van der Waals surface area contributed by atoms with Crippen LogP contribution >= 0.6 is 0 Å². The van der Waals surface area contributed by atoms with E-state index in [9.17, 15) is 13.2 Å². The fraction of sp³-hybridized carbons (Fsp3) is 0.909. The van der Waals surface area contributed by atoms with Crippen LogP contribution in [0, 0.1) is 0 Å². The Kier molecular flexibility index (Phi) is 5.72. The number of likely N-dealkylation sites (N-methyl/N-ethyl adjacent to an activating group) is 1. The summed E-state index contributed by atoms with van der Waals surface area (Å²) in [6.45, 7) is 7.12. The van der Waals surface area contributed by atoms with E-state index in [-0.39, 0.29) is 11.9 Å². The lowest BCUT2D eigenvalue weighted by Crippen LogP contribution is -2.62. The van der Waals surface area contributed by atoms with Crippen molar-refractivity contribution < 1.29 is 13.2 Å². The number of carbonyl (C=O) groups is 1. The van der Waals surface area contributed by atoms with Gasteiger partial charge < -0.3 is 10.6 Å². The Bertz CT molecular complexity index is 410. The van der Waals surface area contributed by atoms with Crippen molar-refractivity contribution in [2.45, 2.75) is 32.9 Å². The molecule has 19 heavy (non-hydrogen) atoms. The number of nitrogens with one attached hydrogen (secondary N) is 2. The second kappa shape index (κ2) is 6.65. The number of hydrogen-bond acceptors (Lipinski definition) is 4. The topological polar surface area (TPSA) is 81.8 Å². The first-order valence-corrected chi connectivity index (χ1v) is 7.95. The molecule has 0 aliphatic carbocycles. The molecule has 8 heteroatoms. The number of hydrogen-bond donors (Lipinski definition) is 2. The first kappa shape index (κ1) is 16.4. The molecule has 1 unspecified atom stereocenters. The van der Waals surface area contributed by atoms with Gasteiger partial charge in [-0.15, -0.1) is 0 Å². The zero-order valence-corrected chi connectivity index (χ0v) is 12.8. The monoisotopic (exact) mass is 292 g/mol. The second-order valence-corrected chi connectivity index (χ2v) is 6.78. The highest BCUT2D eigenvalue weighted by molar-refractivity contribution is 7.86. The first-order chi connectivity index (χ1) is 8.82. The summed E-state index contributed by atoms with van der Waals surface area (Å²) in [7, 11) is -2.07. The van der Waals surface area contributed by atoms with Crippen LogP contribution < -0.4 is 10.6 Å². The van der Waals surface area contributed by atoms with Crippen molar-refractivity contribution in [1.29, 1.82) is 0 Å². The number of rotatable bonds is 5. The third-order valence-corrected chi connectivity index (χ3v) is 5.41. The van der Waals surface area contributed by atoms with Gasteiger partial charge in [-0.1, -0.05) is 0 Å². The van der Waals surface area contributed by atoms with Crippen molar-refractivity contribution >= 4 is 16.1 Å². The van der Waals surface area contributed by atoms with E-state index < -0.39 is 16.3 Å². The molecule has 1 aliphatic rings. The SMILES string of the molecule is CCNC(=O)C1CNCCN1S(=O)(=O)N(C)C(C)C. The molecule has 1 amide bonds. The van der Waals surface area contributed by atoms with Gasteiger partial charge in [0.15, 0.2) is 0 Å². The molecule has 112 valence electrons. The van der Waals surface area contributed by atoms with Crippen LogP contribution in [0.25, 0.3) is 0 Å². The number of amides is 1. The molecule has 0 aromatic rings. The minimum absolute atomic E-state index is 0.144. The molecule has 1 heterocycles. The summed E-state index contributed by atoms with van der Waals surface area (Å²) in [6, 6.07) is -0.824. The average Bonchev–Trinajstić information content (AvgIpc) is 2.38. The maximum Gasteiger partial charge on any atom is 0.282 e. The van der Waals surface area contributed by atoms with Crippen LogP contribution in [0.1, 0.15) is 20.8 Å². The van der Waals surface area contributed by atoms with E-state index in [1.165, 1.54) is 15.7 Å². The average molecular weight is 292 g/mol. The summed E-state index contributed by atoms with van der Waals surface area (Å²) in [5.41, 5.74) is 0. The number of nitrogens with zero attached hydrogens (tertiary/aromatic N) is 2. The Hall–Kier alpha value is -0.700. The van der Waals surface area contributed by atoms with Gasteiger partial charge in [-0.3, -0.25) is 4.79 Å². The van der Waals surface area contributed by atoms with Crippen LogP contribution in [0.5, 0.6) is 0 Å². The molecule has 0 spiro atoms. The van der Waals surface area contributed by atoms with Crippen molar-refractivity contribution in [2.75, 3.05) is 33.2 Å². The van der Waals surface area contributed by atoms with Crippen LogP contribution in [0.15, 0.2) is 0 Å². The molecular weight excluding hydrogens is 268 g/mol. The standard InChI is InChI=1S/C11H24N4O3S/c1-5-13-11(16)10-8-12-6-7-15(10)19(17,18)14(4)9(2)3/h9-10,12H,5-8H2,1-4H3,(H,13,16). The summed E-state index contributed by atoms with van der Waals surface area (Å²) < 4.78 is 27.6. The Morgan fingerprint density at radius 3 is 2.68 bits per heavy atom. The van der Waals surface area contributed by atoms with Crippen LogP contribution in [0.2, 0.25) is 0 Å². The fourth-order valence-corrected chi connectivity index (χ4v) is 3.59. The van der Waals surface area contributed by atoms with Crippen LogP contribution in [0.3, 0.4) is 0 Å². The van der Waals surface area contributed by atoms with E-state index in [0.717, 1.165) is 0 Å². The van der Waals surface area contributed by atoms with Gasteiger partial charge >= 0.3 is 0 Å². The summed E-state index contributed by atoms with van der Waals surface area (Å²) in [5, 5.41) is 5.74. The summed E-state index contributed by atoms with van der Waals surface area (Å²) in [4.78, 5) is 12.0. The van der Waals surface area contributed by atoms with Gasteiger partial charge in [-0.25, -0.2) is 0 Å². The van der Waals surface area contributed by atoms with E-state index in [1.807, 2.05) is 6.92 Å². The molecule has 0 bridgehead atoms. The van der Waals surface area contributed by atoms with Gasteiger partial charge in [0.2, 0.25) is 5.91 Å². The zero-order valence-electron chi connectivity index (χ0n) is 12.0. The van der Waals surface area contributed by atoms with Gasteiger partial charge in [0.1, 0.15) is 6.04 Å². The number of piperazine rings is 1. The van der Waals surface area contributed by atoms with Gasteiger partial charge in [-0.2, -0.15) is 17.0 Å². The van der Waals surface area contributed by atoms with Crippen molar-refractivity contribution in [1.82, 2.24) is 19.2 Å². The molecule has 0 aromatic carbocycles. The van der Waals surface area contributed by atoms with Crippen molar-refractivity contribution in [3.05, 3.63) is 0 Å². The quantitative estimate of drug-likeness (QED) is 0.680. The molecule has 1 aliphatic heterocycles. The fourth-order valence-electron chi connectivity index (χ4n) is 1.91. The predicted molar refractivity (Wildman–Crippen MR) is 73.9 cm³/mol. The highest BCUT2D eigenvalue weighted by Crippen LogP contribution is 2.15. The summed E-state index contributed by atoms with van der Waals surface area (Å²) in [6.07, 6.45) is 0. The van der Waals surface area contributed by atoms with Crippen molar-refractivity contribution in [3.8, 4) is 0 Å². The van der Waals surface area contributed by atoms with Gasteiger partial charge in [-0.05, 0) is 20.8 Å². The minimum Gasteiger partial charge on any atom is -0.355 e. The van der Waals surface area contributed by atoms with E-state index in [4.69, 9.17) is 0 Å². The first-order valence-electron chi connectivity index (χ1n) is 6.55. The van der Waals surface area contributed by atoms with Gasteiger partial charge in [0.05, 0.1) is 0 Å². The van der Waals surface area contributed by atoms with E-state index >= 15 is 0 Å². The molecule has 0 radical (unpaired) electrons. The third-order valence-electron chi connectivity index (χ3n) is 3.24. The predicted octanol–water partition coefficient (Wildman–Crippen LogP) is -1.02. The highest BCUT2D eigenvalue weighted by atomic mass is 32.2. The Morgan fingerprint density at radius 2 is 2.16 bits per heavy atom. The maximum atomic E-state index is 12.5. The lowest BCUT2D eigenvalue weighted by atomic mass is 10.2. The van der Waals surface area contributed by atoms with E-state index in [0.29, 0.717) is 26.2 Å². The Balaban J connectivity index is 2.96. The normalized spacial score (nSPS) is 21.9. The van der Waals surface area contributed by atoms with Crippen molar-refractivity contribution in [2.24, 2.45) is 0 Å². The third kappa shape index (κ3) is 3.65. The minimum atomic E-state index is -3.61. The van der Waals surface area contributed by atoms with Crippen LogP contribution in [0.4, 0.5) is 0 Å². The molecule has 1 atom stereocenters. The number of carbonyl (C=O) groups excluding carboxylic acids is 1. The summed E-state index contributed by atoms with van der Waals surface area (Å²) >= 11 is 0. The van der Waals surface area contributed by atoms with Crippen LogP contribution in [-0.2, 0) is 15.0 Å². The van der Waals surface area contributed by atoms with Crippen LogP contribution in [-0.4, -0.2) is 68.2 Å². The maximum absolute atomic E-state index is 12.5. The van der Waals surface area contributed by atoms with E-state index in [1.54, 1.807) is 13.8 Å². The molecule has 0 saturated carbocycles. The molecule has 7 nitrogen and oxygen atoms in total. The Labute approximate surface area is 115 Å². The molecule has 1 rings (SSSR count).